The zero-order chi connectivity index (χ0) is 77.1. The molecule has 0 saturated heterocycles. The number of para-hydroxylation sites is 2. The minimum absolute atomic E-state index is 0.120. The quantitative estimate of drug-likeness (QED) is 0.141. The Morgan fingerprint density at radius 1 is 0.231 bits per heavy atom. The van der Waals surface area contributed by atoms with E-state index in [1.807, 2.05) is 0 Å². The number of hydrogen-bond donors (Lipinski definition) is 0. The highest BCUT2D eigenvalue weighted by molar-refractivity contribution is 7.00. The molecule has 108 heavy (non-hydrogen) atoms. The first-order valence-electron chi connectivity index (χ1n) is 39.6. The van der Waals surface area contributed by atoms with Gasteiger partial charge in [-0.3, -0.25) is 0 Å². The summed E-state index contributed by atoms with van der Waals surface area (Å²) in [5.74, 6) is 0. The molecule has 0 bridgehead atoms. The fraction of sp³-hybridized carbons (Fsp3) is 0.308. The molecule has 0 radical (unpaired) electrons. The molecule has 0 saturated carbocycles. The minimum atomic E-state index is -0.342. The average molecular weight is 1410 g/mol. The lowest BCUT2D eigenvalue weighted by Gasteiger charge is -2.47. The third kappa shape index (κ3) is 13.2. The summed E-state index contributed by atoms with van der Waals surface area (Å²) in [5.41, 5.74) is 35.1. The van der Waals surface area contributed by atoms with Crippen LogP contribution < -0.4 is 26.2 Å². The molecule has 15 rings (SSSR count). The summed E-state index contributed by atoms with van der Waals surface area (Å²) in [5, 5.41) is 2.47. The van der Waals surface area contributed by atoms with Crippen LogP contribution >= 0.6 is 0 Å². The number of anilines is 6. The summed E-state index contributed by atoms with van der Waals surface area (Å²) >= 11 is 0. The second kappa shape index (κ2) is 25.9. The molecule has 2 aliphatic heterocycles. The maximum atomic E-state index is 2.81. The molecule has 2 aliphatic rings. The van der Waals surface area contributed by atoms with Crippen molar-refractivity contribution in [3.05, 3.63) is 287 Å². The molecule has 3 heterocycles. The Hall–Kier alpha value is -9.90. The summed E-state index contributed by atoms with van der Waals surface area (Å²) in [4.78, 5) is 5.62. The van der Waals surface area contributed by atoms with Gasteiger partial charge < -0.3 is 14.4 Å². The van der Waals surface area contributed by atoms with Crippen molar-refractivity contribution in [2.45, 2.75) is 209 Å². The van der Waals surface area contributed by atoms with Crippen LogP contribution in [0, 0.1) is 0 Å². The van der Waals surface area contributed by atoms with Crippen LogP contribution in [0.3, 0.4) is 0 Å². The lowest BCUT2D eigenvalue weighted by atomic mass is 9.33. The van der Waals surface area contributed by atoms with E-state index < -0.39 is 0 Å². The normalized spacial score (nSPS) is 13.7. The SMILES string of the molecule is CC(C)(C)c1cccc(-c2cc(C(C)(C)C)cc(-c3cccc(C(C)(C)C)c3)c2N2c3cc(-n4c5ccccc5c5ccccc54)ccc3B3c4cc(-c5ccccc5)c(C(C)(C)C)cc4N(c4c(-c5cccc(C(C)(C)C)c5)cc(C(C)(C)C)cc4-c4cccc(C(C)(C)C)c4)c4cc(C(C)(C)C)cc2c43)c1. The predicted molar refractivity (Wildman–Crippen MR) is 472 cm³/mol. The lowest BCUT2D eigenvalue weighted by molar-refractivity contribution is 0.589. The van der Waals surface area contributed by atoms with Crippen molar-refractivity contribution in [2.24, 2.45) is 0 Å². The largest absolute Gasteiger partial charge is 0.310 e. The Kier molecular flexibility index (Phi) is 17.6. The van der Waals surface area contributed by atoms with Crippen molar-refractivity contribution in [1.29, 1.82) is 0 Å². The van der Waals surface area contributed by atoms with Gasteiger partial charge in [0.1, 0.15) is 0 Å². The molecular weight excluding hydrogens is 1300 g/mol. The molecule has 0 unspecified atom stereocenters. The molecule has 0 amide bonds. The van der Waals surface area contributed by atoms with Crippen molar-refractivity contribution in [3.63, 3.8) is 0 Å². The molecule has 1 aromatic heterocycles. The zero-order valence-electron chi connectivity index (χ0n) is 69.0. The fourth-order valence-electron chi connectivity index (χ4n) is 16.9. The van der Waals surface area contributed by atoms with Gasteiger partial charge in [-0.2, -0.15) is 0 Å². The van der Waals surface area contributed by atoms with E-state index in [1.165, 1.54) is 161 Å². The Bertz CT molecular complexity index is 5510. The highest BCUT2D eigenvalue weighted by atomic mass is 15.2. The van der Waals surface area contributed by atoms with Crippen molar-refractivity contribution < 1.29 is 0 Å². The molecule has 546 valence electrons. The molecule has 3 nitrogen and oxygen atoms in total. The predicted octanol–water partition coefficient (Wildman–Crippen LogP) is 27.6. The first kappa shape index (κ1) is 73.6. The van der Waals surface area contributed by atoms with E-state index in [0.29, 0.717) is 0 Å². The van der Waals surface area contributed by atoms with Gasteiger partial charge >= 0.3 is 0 Å². The van der Waals surface area contributed by atoms with Crippen LogP contribution in [-0.2, 0) is 43.3 Å². The number of aromatic nitrogens is 1. The van der Waals surface area contributed by atoms with E-state index in [0.717, 1.165) is 17.1 Å². The maximum Gasteiger partial charge on any atom is 0.252 e. The van der Waals surface area contributed by atoms with Crippen LogP contribution in [0.5, 0.6) is 0 Å². The zero-order valence-corrected chi connectivity index (χ0v) is 69.0. The van der Waals surface area contributed by atoms with Gasteiger partial charge in [0.25, 0.3) is 6.71 Å². The monoisotopic (exact) mass is 1410 g/mol. The highest BCUT2D eigenvalue weighted by Crippen LogP contribution is 2.57. The van der Waals surface area contributed by atoms with Gasteiger partial charge in [-0.1, -0.05) is 342 Å². The van der Waals surface area contributed by atoms with Crippen LogP contribution in [0.1, 0.15) is 211 Å². The van der Waals surface area contributed by atoms with Crippen LogP contribution in [-0.4, -0.2) is 11.3 Å². The third-order valence-electron chi connectivity index (χ3n) is 23.3. The van der Waals surface area contributed by atoms with E-state index in [9.17, 15) is 0 Å². The molecular formula is C104H112BN3. The second-order valence-corrected chi connectivity index (χ2v) is 39.6. The van der Waals surface area contributed by atoms with Crippen molar-refractivity contribution in [2.75, 3.05) is 9.80 Å². The van der Waals surface area contributed by atoms with Gasteiger partial charge in [-0.05, 0) is 204 Å². The molecule has 0 spiro atoms. The van der Waals surface area contributed by atoms with Crippen LogP contribution in [0.25, 0.3) is 83.1 Å². The summed E-state index contributed by atoms with van der Waals surface area (Å²) in [6.07, 6.45) is 0. The number of fused-ring (bicyclic) bond motifs is 7. The van der Waals surface area contributed by atoms with E-state index in [2.05, 4.69) is 423 Å². The standard InChI is InChI=1S/C104H112BN3/c1-97(2,3)70-42-32-38-66(52-70)81-56-74(101(13,14)15)57-82(67-39-33-43-71(53-67)98(4,5)6)95(81)107-90-62-77(106-88-48-30-28-46-78(88)79-47-29-31-49-89(79)106)50-51-86(90)105-87-63-80(65-36-26-25-27-37-65)85(104(22,23)24)64-91(87)108(93-61-76(103(19,20)21)60-92(107)94(93)105)96-83(68-40-34-44-72(54-68)99(7,8)9)58-75(102(16,17)18)59-84(96)69-41-35-45-73(55-69)100(10,11)12/h25-64H,1-24H3. The summed E-state index contributed by atoms with van der Waals surface area (Å²) in [6.45, 7) is 57.0. The number of benzene rings is 12. The molecule has 0 atom stereocenters. The van der Waals surface area contributed by atoms with Gasteiger partial charge in [-0.15, -0.1) is 0 Å². The Morgan fingerprint density at radius 2 is 0.565 bits per heavy atom. The Morgan fingerprint density at radius 3 is 0.926 bits per heavy atom. The molecule has 0 N–H and O–H groups in total. The average Bonchev–Trinajstić information content (AvgIpc) is 0.735. The van der Waals surface area contributed by atoms with E-state index >= 15 is 0 Å². The van der Waals surface area contributed by atoms with Gasteiger partial charge in [0, 0.05) is 61.5 Å². The van der Waals surface area contributed by atoms with Crippen LogP contribution in [0.4, 0.5) is 34.1 Å². The van der Waals surface area contributed by atoms with E-state index in [-0.39, 0.29) is 50.0 Å². The topological polar surface area (TPSA) is 11.4 Å². The molecule has 4 heteroatoms. The van der Waals surface area contributed by atoms with Crippen molar-refractivity contribution in [1.82, 2.24) is 4.57 Å². The van der Waals surface area contributed by atoms with Crippen LogP contribution in [0.15, 0.2) is 243 Å². The first-order valence-corrected chi connectivity index (χ1v) is 39.6. The number of rotatable bonds is 8. The van der Waals surface area contributed by atoms with Gasteiger partial charge in [0.05, 0.1) is 22.4 Å². The summed E-state index contributed by atoms with van der Waals surface area (Å²) < 4.78 is 2.53. The fourth-order valence-corrected chi connectivity index (χ4v) is 16.9. The van der Waals surface area contributed by atoms with E-state index in [4.69, 9.17) is 0 Å². The Balaban J connectivity index is 1.20. The highest BCUT2D eigenvalue weighted by Gasteiger charge is 2.48. The van der Waals surface area contributed by atoms with Crippen LogP contribution in [0.2, 0.25) is 0 Å². The first-order chi connectivity index (χ1) is 50.6. The van der Waals surface area contributed by atoms with Gasteiger partial charge in [0.15, 0.2) is 0 Å². The number of nitrogens with zero attached hydrogens (tertiary/aromatic N) is 3. The third-order valence-corrected chi connectivity index (χ3v) is 23.3. The molecule has 12 aromatic carbocycles. The van der Waals surface area contributed by atoms with Gasteiger partial charge in [0.2, 0.25) is 0 Å². The summed E-state index contributed by atoms with van der Waals surface area (Å²) in [6, 6.07) is 96.0. The van der Waals surface area contributed by atoms with Crippen molar-refractivity contribution in [3.8, 4) is 61.3 Å². The smallest absolute Gasteiger partial charge is 0.252 e. The Labute approximate surface area is 647 Å². The maximum absolute atomic E-state index is 2.81. The van der Waals surface area contributed by atoms with E-state index in [1.54, 1.807) is 0 Å². The molecule has 13 aromatic rings. The lowest BCUT2D eigenvalue weighted by Crippen LogP contribution is -2.61. The minimum Gasteiger partial charge on any atom is -0.310 e. The second-order valence-electron chi connectivity index (χ2n) is 39.6. The van der Waals surface area contributed by atoms with Crippen molar-refractivity contribution >= 4 is 79.0 Å². The summed E-state index contributed by atoms with van der Waals surface area (Å²) in [7, 11) is 0. The number of hydrogen-bond acceptors (Lipinski definition) is 2. The molecule has 0 fully saturated rings. The van der Waals surface area contributed by atoms with Gasteiger partial charge in [-0.25, -0.2) is 0 Å². The molecule has 0 aliphatic carbocycles.